The number of sulfone groups is 1. The van der Waals surface area contributed by atoms with Crippen LogP contribution < -0.4 is 11.1 Å². The van der Waals surface area contributed by atoms with Gasteiger partial charge in [-0.05, 0) is 23.9 Å². The van der Waals surface area contributed by atoms with Crippen molar-refractivity contribution in [1.82, 2.24) is 15.0 Å². The van der Waals surface area contributed by atoms with Gasteiger partial charge in [0.15, 0.2) is 9.84 Å². The zero-order chi connectivity index (χ0) is 12.5. The predicted molar refractivity (Wildman–Crippen MR) is 64.5 cm³/mol. The van der Waals surface area contributed by atoms with Gasteiger partial charge in [-0.15, -0.1) is 0 Å². The minimum atomic E-state index is -2.86. The van der Waals surface area contributed by atoms with Crippen molar-refractivity contribution in [3.8, 4) is 0 Å². The summed E-state index contributed by atoms with van der Waals surface area (Å²) in [5.74, 6) is 0.836. The molecule has 0 aliphatic carbocycles. The van der Waals surface area contributed by atoms with E-state index < -0.39 is 9.84 Å². The van der Waals surface area contributed by atoms with E-state index in [2.05, 4.69) is 20.3 Å². The first-order valence-corrected chi connectivity index (χ1v) is 7.26. The van der Waals surface area contributed by atoms with Crippen molar-refractivity contribution >= 4 is 33.3 Å². The molecule has 1 aromatic heterocycles. The fourth-order valence-corrected chi connectivity index (χ4v) is 3.74. The Morgan fingerprint density at radius 1 is 1.41 bits per heavy atom. The lowest BCUT2D eigenvalue weighted by Gasteiger charge is -2.09. The summed E-state index contributed by atoms with van der Waals surface area (Å²) in [6.45, 7) is 0.485. The Labute approximate surface area is 104 Å². The molecule has 1 aliphatic heterocycles. The number of hydrogen-bond donors (Lipinski definition) is 2. The van der Waals surface area contributed by atoms with E-state index in [-0.39, 0.29) is 34.6 Å². The summed E-state index contributed by atoms with van der Waals surface area (Å²) >= 11 is 5.61. The topological polar surface area (TPSA) is 111 Å². The van der Waals surface area contributed by atoms with Crippen molar-refractivity contribution in [2.24, 2.45) is 5.92 Å². The van der Waals surface area contributed by atoms with Gasteiger partial charge in [0.25, 0.3) is 0 Å². The highest BCUT2D eigenvalue weighted by Crippen LogP contribution is 2.18. The quantitative estimate of drug-likeness (QED) is 0.797. The Kier molecular flexibility index (Phi) is 3.34. The van der Waals surface area contributed by atoms with Crippen LogP contribution >= 0.6 is 11.6 Å². The van der Waals surface area contributed by atoms with Gasteiger partial charge in [-0.2, -0.15) is 15.0 Å². The molecule has 2 heterocycles. The molecule has 0 amide bonds. The molecule has 3 N–H and O–H groups in total. The Morgan fingerprint density at radius 3 is 2.76 bits per heavy atom. The molecule has 0 spiro atoms. The minimum absolute atomic E-state index is 0.0130. The molecule has 1 aliphatic rings. The van der Waals surface area contributed by atoms with E-state index in [1.165, 1.54) is 0 Å². The Morgan fingerprint density at radius 2 is 2.18 bits per heavy atom. The second-order valence-corrected chi connectivity index (χ2v) is 6.50. The van der Waals surface area contributed by atoms with Crippen LogP contribution in [0.1, 0.15) is 6.42 Å². The lowest BCUT2D eigenvalue weighted by Crippen LogP contribution is -2.17. The molecule has 2 rings (SSSR count). The van der Waals surface area contributed by atoms with Crippen molar-refractivity contribution in [3.63, 3.8) is 0 Å². The van der Waals surface area contributed by atoms with Gasteiger partial charge in [0.1, 0.15) is 0 Å². The van der Waals surface area contributed by atoms with Crippen LogP contribution in [0.5, 0.6) is 0 Å². The first-order valence-electron chi connectivity index (χ1n) is 5.06. The standard InChI is InChI=1S/C8H12ClN5O2S/c9-6-12-7(10)14-8(13-6)11-3-5-1-2-17(15,16)4-5/h5H,1-4H2,(H3,10,11,12,13,14). The van der Waals surface area contributed by atoms with Crippen LogP contribution in [0.2, 0.25) is 5.28 Å². The molecule has 9 heteroatoms. The molecule has 1 fully saturated rings. The minimum Gasteiger partial charge on any atom is -0.368 e. The average molecular weight is 278 g/mol. The maximum Gasteiger partial charge on any atom is 0.228 e. The molecule has 1 saturated heterocycles. The molecule has 1 aromatic rings. The number of nitrogens with two attached hydrogens (primary N) is 1. The van der Waals surface area contributed by atoms with Gasteiger partial charge in [0.2, 0.25) is 17.2 Å². The summed E-state index contributed by atoms with van der Waals surface area (Å²) < 4.78 is 22.5. The molecule has 1 atom stereocenters. The van der Waals surface area contributed by atoms with Crippen molar-refractivity contribution in [2.75, 3.05) is 29.1 Å². The van der Waals surface area contributed by atoms with E-state index >= 15 is 0 Å². The molecule has 0 radical (unpaired) electrons. The van der Waals surface area contributed by atoms with Gasteiger partial charge in [0.05, 0.1) is 11.5 Å². The zero-order valence-corrected chi connectivity index (χ0v) is 10.5. The molecule has 94 valence electrons. The Bertz CT molecular complexity index is 500. The third-order valence-corrected chi connectivity index (χ3v) is 4.51. The van der Waals surface area contributed by atoms with Crippen molar-refractivity contribution in [2.45, 2.75) is 6.42 Å². The van der Waals surface area contributed by atoms with E-state index in [0.717, 1.165) is 0 Å². The average Bonchev–Trinajstić information content (AvgIpc) is 2.54. The van der Waals surface area contributed by atoms with Crippen LogP contribution in [-0.2, 0) is 9.84 Å². The highest BCUT2D eigenvalue weighted by atomic mass is 35.5. The summed E-state index contributed by atoms with van der Waals surface area (Å²) in [6, 6.07) is 0. The number of nitrogen functional groups attached to an aromatic ring is 1. The highest BCUT2D eigenvalue weighted by molar-refractivity contribution is 7.91. The predicted octanol–water partition coefficient (Wildman–Crippen LogP) is -0.0462. The summed E-state index contributed by atoms with van der Waals surface area (Å²) in [6.07, 6.45) is 0.656. The monoisotopic (exact) mass is 277 g/mol. The van der Waals surface area contributed by atoms with Crippen LogP contribution in [0.3, 0.4) is 0 Å². The van der Waals surface area contributed by atoms with Crippen LogP contribution in [-0.4, -0.2) is 41.4 Å². The normalized spacial score (nSPS) is 22.5. The van der Waals surface area contributed by atoms with Crippen LogP contribution in [0.25, 0.3) is 0 Å². The molecular formula is C8H12ClN5O2S. The molecule has 17 heavy (non-hydrogen) atoms. The van der Waals surface area contributed by atoms with Gasteiger partial charge in [0, 0.05) is 6.54 Å². The third-order valence-electron chi connectivity index (χ3n) is 2.50. The van der Waals surface area contributed by atoms with E-state index in [1.54, 1.807) is 0 Å². The molecule has 7 nitrogen and oxygen atoms in total. The number of hydrogen-bond acceptors (Lipinski definition) is 7. The van der Waals surface area contributed by atoms with Gasteiger partial charge in [-0.1, -0.05) is 0 Å². The van der Waals surface area contributed by atoms with E-state index in [9.17, 15) is 8.42 Å². The van der Waals surface area contributed by atoms with Gasteiger partial charge in [-0.3, -0.25) is 0 Å². The van der Waals surface area contributed by atoms with Gasteiger partial charge in [-0.25, -0.2) is 8.42 Å². The van der Waals surface area contributed by atoms with E-state index in [0.29, 0.717) is 13.0 Å². The Hall–Kier alpha value is -1.15. The van der Waals surface area contributed by atoms with E-state index in [4.69, 9.17) is 17.3 Å². The third kappa shape index (κ3) is 3.40. The summed E-state index contributed by atoms with van der Waals surface area (Å²) in [4.78, 5) is 11.3. The van der Waals surface area contributed by atoms with Crippen LogP contribution in [0.15, 0.2) is 0 Å². The van der Waals surface area contributed by atoms with Crippen molar-refractivity contribution in [1.29, 1.82) is 0 Å². The lowest BCUT2D eigenvalue weighted by molar-refractivity contribution is 0.595. The second-order valence-electron chi connectivity index (χ2n) is 3.94. The largest absolute Gasteiger partial charge is 0.368 e. The van der Waals surface area contributed by atoms with Gasteiger partial charge >= 0.3 is 0 Å². The SMILES string of the molecule is Nc1nc(Cl)nc(NCC2CCS(=O)(=O)C2)n1. The number of nitrogens with zero attached hydrogens (tertiary/aromatic N) is 3. The molecule has 1 unspecified atom stereocenters. The number of halogens is 1. The second kappa shape index (κ2) is 4.61. The maximum absolute atomic E-state index is 11.3. The smallest absolute Gasteiger partial charge is 0.228 e. The maximum atomic E-state index is 11.3. The van der Waals surface area contributed by atoms with Crippen LogP contribution in [0.4, 0.5) is 11.9 Å². The van der Waals surface area contributed by atoms with E-state index in [1.807, 2.05) is 0 Å². The fraction of sp³-hybridized carbons (Fsp3) is 0.625. The first-order chi connectivity index (χ1) is 7.94. The number of nitrogens with one attached hydrogen (secondary N) is 1. The molecule has 0 aromatic carbocycles. The molecule has 0 saturated carbocycles. The number of anilines is 2. The molecule has 0 bridgehead atoms. The number of aromatic nitrogens is 3. The summed E-state index contributed by atoms with van der Waals surface area (Å²) in [5, 5.41) is 2.93. The Balaban J connectivity index is 1.94. The summed E-state index contributed by atoms with van der Waals surface area (Å²) in [5.41, 5.74) is 5.40. The van der Waals surface area contributed by atoms with Crippen molar-refractivity contribution in [3.05, 3.63) is 5.28 Å². The lowest BCUT2D eigenvalue weighted by atomic mass is 10.1. The molecular weight excluding hydrogens is 266 g/mol. The summed E-state index contributed by atoms with van der Waals surface area (Å²) in [7, 11) is -2.86. The zero-order valence-electron chi connectivity index (χ0n) is 8.93. The fourth-order valence-electron chi connectivity index (χ4n) is 1.71. The number of rotatable bonds is 3. The van der Waals surface area contributed by atoms with Crippen LogP contribution in [0, 0.1) is 5.92 Å². The van der Waals surface area contributed by atoms with Crippen molar-refractivity contribution < 1.29 is 8.42 Å². The van der Waals surface area contributed by atoms with Gasteiger partial charge < -0.3 is 11.1 Å². The highest BCUT2D eigenvalue weighted by Gasteiger charge is 2.27. The first kappa shape index (κ1) is 12.3.